The quantitative estimate of drug-likeness (QED) is 0.742. The van der Waals surface area contributed by atoms with Crippen LogP contribution in [0, 0.1) is 11.8 Å². The molecule has 128 valence electrons. The fraction of sp³-hybridized carbons (Fsp3) is 0.611. The van der Waals surface area contributed by atoms with Gasteiger partial charge in [-0.05, 0) is 12.0 Å². The molecule has 3 unspecified atom stereocenters. The molecule has 23 heavy (non-hydrogen) atoms. The number of benzene rings is 1. The van der Waals surface area contributed by atoms with Crippen LogP contribution in [0.3, 0.4) is 0 Å². The number of hydrogen-bond acceptors (Lipinski definition) is 4. The van der Waals surface area contributed by atoms with E-state index in [2.05, 4.69) is 0 Å². The minimum Gasteiger partial charge on any atom is -0.382 e. The number of carbonyl (C=O) groups is 1. The standard InChI is InChI=1S/C18H28N2O3/c1-14(17(19)16-6-4-3-5-7-16)18(21)20-9-8-15(12-20)13-23-11-10-22-2/h3-7,14-15,17H,8-13,19H2,1-2H3. The summed E-state index contributed by atoms with van der Waals surface area (Å²) in [4.78, 5) is 14.6. The van der Waals surface area contributed by atoms with Crippen molar-refractivity contribution in [1.29, 1.82) is 0 Å². The van der Waals surface area contributed by atoms with Crippen molar-refractivity contribution >= 4 is 5.91 Å². The SMILES string of the molecule is COCCOCC1CCN(C(=O)C(C)C(N)c2ccccc2)C1. The lowest BCUT2D eigenvalue weighted by Crippen LogP contribution is -2.38. The summed E-state index contributed by atoms with van der Waals surface area (Å²) in [6.45, 7) is 5.38. The van der Waals surface area contributed by atoms with Crippen LogP contribution in [-0.4, -0.2) is 50.8 Å². The van der Waals surface area contributed by atoms with Crippen LogP contribution in [0.4, 0.5) is 0 Å². The number of amides is 1. The maximum Gasteiger partial charge on any atom is 0.227 e. The van der Waals surface area contributed by atoms with Crippen molar-refractivity contribution in [3.05, 3.63) is 35.9 Å². The molecule has 0 aromatic heterocycles. The van der Waals surface area contributed by atoms with Gasteiger partial charge < -0.3 is 20.1 Å². The van der Waals surface area contributed by atoms with Crippen LogP contribution in [0.1, 0.15) is 24.9 Å². The number of rotatable bonds is 8. The van der Waals surface area contributed by atoms with Crippen molar-refractivity contribution in [3.63, 3.8) is 0 Å². The zero-order valence-corrected chi connectivity index (χ0v) is 14.1. The number of likely N-dealkylation sites (tertiary alicyclic amines) is 1. The molecule has 1 saturated heterocycles. The molecular weight excluding hydrogens is 292 g/mol. The topological polar surface area (TPSA) is 64.8 Å². The minimum atomic E-state index is -0.263. The maximum atomic E-state index is 12.7. The summed E-state index contributed by atoms with van der Waals surface area (Å²) in [5.74, 6) is 0.335. The highest BCUT2D eigenvalue weighted by Gasteiger charge is 2.31. The van der Waals surface area contributed by atoms with Gasteiger partial charge >= 0.3 is 0 Å². The lowest BCUT2D eigenvalue weighted by atomic mass is 9.94. The predicted octanol–water partition coefficient (Wildman–Crippen LogP) is 1.83. The summed E-state index contributed by atoms with van der Waals surface area (Å²) in [5, 5.41) is 0. The molecule has 2 N–H and O–H groups in total. The molecule has 0 radical (unpaired) electrons. The fourth-order valence-corrected chi connectivity index (χ4v) is 2.97. The summed E-state index contributed by atoms with van der Waals surface area (Å²) >= 11 is 0. The van der Waals surface area contributed by atoms with Crippen LogP contribution >= 0.6 is 0 Å². The molecule has 5 heteroatoms. The Labute approximate surface area is 138 Å². The van der Waals surface area contributed by atoms with Gasteiger partial charge in [0.2, 0.25) is 5.91 Å². The summed E-state index contributed by atoms with van der Waals surface area (Å²) < 4.78 is 10.5. The van der Waals surface area contributed by atoms with Crippen molar-refractivity contribution in [3.8, 4) is 0 Å². The van der Waals surface area contributed by atoms with Crippen molar-refractivity contribution in [2.24, 2.45) is 17.6 Å². The van der Waals surface area contributed by atoms with E-state index in [4.69, 9.17) is 15.2 Å². The van der Waals surface area contributed by atoms with Crippen molar-refractivity contribution in [2.75, 3.05) is 40.0 Å². The van der Waals surface area contributed by atoms with Crippen LogP contribution in [0.25, 0.3) is 0 Å². The molecule has 0 bridgehead atoms. The Bertz CT molecular complexity index is 480. The van der Waals surface area contributed by atoms with Crippen LogP contribution < -0.4 is 5.73 Å². The Morgan fingerprint density at radius 1 is 1.35 bits per heavy atom. The van der Waals surface area contributed by atoms with Gasteiger partial charge in [0.05, 0.1) is 25.7 Å². The zero-order valence-electron chi connectivity index (χ0n) is 14.1. The zero-order chi connectivity index (χ0) is 16.7. The molecular formula is C18H28N2O3. The van der Waals surface area contributed by atoms with Gasteiger partial charge in [-0.1, -0.05) is 37.3 Å². The fourth-order valence-electron chi connectivity index (χ4n) is 2.97. The van der Waals surface area contributed by atoms with E-state index >= 15 is 0 Å². The molecule has 2 rings (SSSR count). The van der Waals surface area contributed by atoms with E-state index in [9.17, 15) is 4.79 Å². The summed E-state index contributed by atoms with van der Waals surface area (Å²) in [6, 6.07) is 9.55. The molecule has 0 saturated carbocycles. The van der Waals surface area contributed by atoms with Gasteiger partial charge in [0.15, 0.2) is 0 Å². The van der Waals surface area contributed by atoms with Gasteiger partial charge in [0, 0.05) is 32.2 Å². The first kappa shape index (κ1) is 17.9. The molecule has 1 aliphatic heterocycles. The monoisotopic (exact) mass is 320 g/mol. The van der Waals surface area contributed by atoms with Gasteiger partial charge in [-0.2, -0.15) is 0 Å². The second-order valence-electron chi connectivity index (χ2n) is 6.23. The van der Waals surface area contributed by atoms with Crippen molar-refractivity contribution < 1.29 is 14.3 Å². The van der Waals surface area contributed by atoms with E-state index < -0.39 is 0 Å². The number of methoxy groups -OCH3 is 1. The van der Waals surface area contributed by atoms with E-state index in [1.165, 1.54) is 0 Å². The lowest BCUT2D eigenvalue weighted by molar-refractivity contribution is -0.134. The maximum absolute atomic E-state index is 12.7. The molecule has 5 nitrogen and oxygen atoms in total. The smallest absolute Gasteiger partial charge is 0.227 e. The molecule has 1 heterocycles. The minimum absolute atomic E-state index is 0.140. The first-order valence-corrected chi connectivity index (χ1v) is 8.29. The highest BCUT2D eigenvalue weighted by atomic mass is 16.5. The Morgan fingerprint density at radius 2 is 2.09 bits per heavy atom. The van der Waals surface area contributed by atoms with E-state index in [1.54, 1.807) is 7.11 Å². The average Bonchev–Trinajstić information content (AvgIpc) is 3.06. The summed E-state index contributed by atoms with van der Waals surface area (Å²) in [7, 11) is 1.66. The first-order chi connectivity index (χ1) is 11.1. The van der Waals surface area contributed by atoms with Crippen LogP contribution in [0.5, 0.6) is 0 Å². The highest BCUT2D eigenvalue weighted by molar-refractivity contribution is 5.79. The number of hydrogen-bond donors (Lipinski definition) is 1. The Kier molecular flexibility index (Phi) is 7.02. The molecule has 0 spiro atoms. The highest BCUT2D eigenvalue weighted by Crippen LogP contribution is 2.24. The molecule has 1 fully saturated rings. The van der Waals surface area contributed by atoms with Gasteiger partial charge in [-0.25, -0.2) is 0 Å². The van der Waals surface area contributed by atoms with Gasteiger partial charge in [0.25, 0.3) is 0 Å². The van der Waals surface area contributed by atoms with Crippen LogP contribution in [0.2, 0.25) is 0 Å². The number of nitrogens with zero attached hydrogens (tertiary/aromatic N) is 1. The number of nitrogens with two attached hydrogens (primary N) is 1. The molecule has 1 amide bonds. The van der Waals surface area contributed by atoms with Gasteiger partial charge in [0.1, 0.15) is 0 Å². The summed E-state index contributed by atoms with van der Waals surface area (Å²) in [6.07, 6.45) is 0.992. The van der Waals surface area contributed by atoms with Gasteiger partial charge in [-0.3, -0.25) is 4.79 Å². The van der Waals surface area contributed by atoms with E-state index in [0.29, 0.717) is 25.7 Å². The third-order valence-corrected chi connectivity index (χ3v) is 4.50. The van der Waals surface area contributed by atoms with Gasteiger partial charge in [-0.15, -0.1) is 0 Å². The second-order valence-corrected chi connectivity index (χ2v) is 6.23. The van der Waals surface area contributed by atoms with Crippen molar-refractivity contribution in [2.45, 2.75) is 19.4 Å². The van der Waals surface area contributed by atoms with Crippen LogP contribution in [0.15, 0.2) is 30.3 Å². The number of ether oxygens (including phenoxy) is 2. The second kappa shape index (κ2) is 9.01. The van der Waals surface area contributed by atoms with Crippen LogP contribution in [-0.2, 0) is 14.3 Å². The average molecular weight is 320 g/mol. The molecule has 0 aliphatic carbocycles. The Balaban J connectivity index is 1.81. The van der Waals surface area contributed by atoms with E-state index in [-0.39, 0.29) is 17.9 Å². The third-order valence-electron chi connectivity index (χ3n) is 4.50. The largest absolute Gasteiger partial charge is 0.382 e. The summed E-state index contributed by atoms with van der Waals surface area (Å²) in [5.41, 5.74) is 7.28. The van der Waals surface area contributed by atoms with E-state index in [0.717, 1.165) is 25.1 Å². The Hall–Kier alpha value is -1.43. The first-order valence-electron chi connectivity index (χ1n) is 8.29. The molecule has 1 aromatic carbocycles. The normalized spacial score (nSPS) is 20.5. The predicted molar refractivity (Wildman–Crippen MR) is 89.9 cm³/mol. The number of carbonyl (C=O) groups excluding carboxylic acids is 1. The Morgan fingerprint density at radius 3 is 2.78 bits per heavy atom. The van der Waals surface area contributed by atoms with Crippen molar-refractivity contribution in [1.82, 2.24) is 4.90 Å². The molecule has 1 aliphatic rings. The van der Waals surface area contributed by atoms with E-state index in [1.807, 2.05) is 42.2 Å². The lowest BCUT2D eigenvalue weighted by Gasteiger charge is -2.25. The molecule has 3 atom stereocenters. The molecule has 1 aromatic rings. The third kappa shape index (κ3) is 5.03.